The third-order valence-electron chi connectivity index (χ3n) is 9.05. The summed E-state index contributed by atoms with van der Waals surface area (Å²) >= 11 is 8.42. The Labute approximate surface area is 328 Å². The molecule has 2 aromatic carbocycles. The summed E-state index contributed by atoms with van der Waals surface area (Å²) in [4.78, 5) is 76.1. The number of urea groups is 1. The van der Waals surface area contributed by atoms with Gasteiger partial charge in [0.05, 0.1) is 36.6 Å². The molecule has 0 saturated carbocycles. The standard InChI is InChI=1S/C38H54N6O8S2/c1-25(54)36(49)52-21-27-13-15-28(16-14-27)43-34(47)31(11-7-17-40-37(39)50)41-24-51-22-29(19-26-9-5-4-6-10-26)42-32(45)12-8-18-44-33(46)20-30(35(44)48)38(2,3)23-53/h4-6,9-10,13-16,25,29-31,41,53-54H,7-8,11-12,17-24H2,1-3H3,(H,42,45)(H,43,47)(H3,39,40,50)/t25?,29-,30?,31-/m0/s1. The Hall–Kier alpha value is -4.12. The number of imide groups is 1. The fourth-order valence-corrected chi connectivity index (χ4v) is 6.07. The van der Waals surface area contributed by atoms with E-state index in [0.717, 1.165) is 11.1 Å². The number of hydrogen-bond donors (Lipinski definition) is 7. The van der Waals surface area contributed by atoms with Crippen molar-refractivity contribution in [2.24, 2.45) is 17.1 Å². The van der Waals surface area contributed by atoms with E-state index in [1.54, 1.807) is 31.2 Å². The molecule has 0 radical (unpaired) electrons. The zero-order valence-electron chi connectivity index (χ0n) is 31.2. The molecule has 3 rings (SSSR count). The number of thiol groups is 2. The lowest BCUT2D eigenvalue weighted by molar-refractivity contribution is -0.144. The van der Waals surface area contributed by atoms with Crippen molar-refractivity contribution in [1.29, 1.82) is 0 Å². The predicted octanol–water partition coefficient (Wildman–Crippen LogP) is 3.21. The van der Waals surface area contributed by atoms with Gasteiger partial charge < -0.3 is 31.2 Å². The number of nitrogens with one attached hydrogen (secondary N) is 4. The molecular weight excluding hydrogens is 733 g/mol. The number of benzene rings is 2. The average Bonchev–Trinajstić information content (AvgIpc) is 3.43. The fourth-order valence-electron chi connectivity index (χ4n) is 5.78. The first kappa shape index (κ1) is 44.3. The van der Waals surface area contributed by atoms with Gasteiger partial charge in [0.2, 0.25) is 23.6 Å². The number of nitrogens with two attached hydrogens (primary N) is 1. The van der Waals surface area contributed by atoms with Crippen molar-refractivity contribution in [3.8, 4) is 0 Å². The van der Waals surface area contributed by atoms with E-state index in [9.17, 15) is 28.8 Å². The summed E-state index contributed by atoms with van der Waals surface area (Å²) < 4.78 is 11.1. The highest BCUT2D eigenvalue weighted by atomic mass is 32.1. The average molecular weight is 787 g/mol. The fraction of sp³-hybridized carbons (Fsp3) is 0.526. The van der Waals surface area contributed by atoms with Crippen molar-refractivity contribution in [2.45, 2.75) is 83.2 Å². The second-order valence-electron chi connectivity index (χ2n) is 14.0. The van der Waals surface area contributed by atoms with Gasteiger partial charge in [-0.15, -0.1) is 0 Å². The molecule has 6 N–H and O–H groups in total. The van der Waals surface area contributed by atoms with E-state index in [1.807, 2.05) is 44.2 Å². The van der Waals surface area contributed by atoms with Crippen molar-refractivity contribution < 1.29 is 38.2 Å². The van der Waals surface area contributed by atoms with Crippen molar-refractivity contribution >= 4 is 66.6 Å². The van der Waals surface area contributed by atoms with Crippen LogP contribution in [0, 0.1) is 11.3 Å². The highest BCUT2D eigenvalue weighted by Crippen LogP contribution is 2.36. The summed E-state index contributed by atoms with van der Waals surface area (Å²) in [5.41, 5.74) is 7.04. The molecule has 296 valence electrons. The maximum atomic E-state index is 13.3. The van der Waals surface area contributed by atoms with Gasteiger partial charge >= 0.3 is 12.0 Å². The van der Waals surface area contributed by atoms with E-state index >= 15 is 0 Å². The molecule has 1 fully saturated rings. The molecule has 0 bridgehead atoms. The van der Waals surface area contributed by atoms with Crippen molar-refractivity contribution in [2.75, 3.05) is 37.5 Å². The monoisotopic (exact) mass is 786 g/mol. The molecule has 14 nitrogen and oxygen atoms in total. The van der Waals surface area contributed by atoms with E-state index in [1.165, 1.54) is 4.90 Å². The number of amides is 6. The van der Waals surface area contributed by atoms with Crippen LogP contribution in [0.3, 0.4) is 0 Å². The van der Waals surface area contributed by atoms with Crippen molar-refractivity contribution in [3.05, 3.63) is 65.7 Å². The van der Waals surface area contributed by atoms with E-state index in [2.05, 4.69) is 46.5 Å². The minimum Gasteiger partial charge on any atom is -0.460 e. The zero-order chi connectivity index (χ0) is 39.7. The maximum Gasteiger partial charge on any atom is 0.318 e. The van der Waals surface area contributed by atoms with Crippen LogP contribution in [-0.2, 0) is 46.5 Å². The number of carbonyl (C=O) groups excluding carboxylic acids is 6. The molecule has 1 aliphatic heterocycles. The number of rotatable bonds is 23. The van der Waals surface area contributed by atoms with Gasteiger partial charge in [-0.1, -0.05) is 56.3 Å². The van der Waals surface area contributed by atoms with Crippen LogP contribution in [0.25, 0.3) is 0 Å². The van der Waals surface area contributed by atoms with Crippen LogP contribution in [0.5, 0.6) is 0 Å². The third-order valence-corrected chi connectivity index (χ3v) is 10.1. The molecule has 54 heavy (non-hydrogen) atoms. The molecule has 16 heteroatoms. The Morgan fingerprint density at radius 3 is 2.37 bits per heavy atom. The smallest absolute Gasteiger partial charge is 0.318 e. The maximum absolute atomic E-state index is 13.3. The molecule has 1 saturated heterocycles. The van der Waals surface area contributed by atoms with Gasteiger partial charge in [-0.3, -0.25) is 34.2 Å². The number of hydrogen-bond acceptors (Lipinski definition) is 11. The number of primary amides is 1. The molecule has 0 aliphatic carbocycles. The zero-order valence-corrected chi connectivity index (χ0v) is 33.0. The SMILES string of the molecule is CC(S)C(=O)OCc1ccc(NC(=O)[C@H](CCCNC(N)=O)NCOC[C@H](Cc2ccccc2)NC(=O)CCCN2C(=O)CC(C(C)(C)CS)C2=O)cc1. The summed E-state index contributed by atoms with van der Waals surface area (Å²) in [6.45, 7) is 6.11. The van der Waals surface area contributed by atoms with E-state index in [0.29, 0.717) is 37.1 Å². The van der Waals surface area contributed by atoms with Crippen LogP contribution in [0.4, 0.5) is 10.5 Å². The second kappa shape index (κ2) is 22.3. The molecule has 1 heterocycles. The number of carbonyl (C=O) groups is 6. The minimum atomic E-state index is -0.701. The number of likely N-dealkylation sites (tertiary alicyclic amines) is 1. The first-order valence-electron chi connectivity index (χ1n) is 18.1. The molecule has 2 aromatic rings. The number of nitrogens with zero attached hydrogens (tertiary/aromatic N) is 1. The number of ether oxygens (including phenoxy) is 2. The van der Waals surface area contributed by atoms with Crippen LogP contribution in [0.1, 0.15) is 64.0 Å². The lowest BCUT2D eigenvalue weighted by atomic mass is 9.79. The van der Waals surface area contributed by atoms with E-state index in [4.69, 9.17) is 15.2 Å². The second-order valence-corrected chi connectivity index (χ2v) is 15.1. The first-order valence-corrected chi connectivity index (χ1v) is 19.2. The van der Waals surface area contributed by atoms with Gasteiger partial charge in [-0.05, 0) is 67.0 Å². The van der Waals surface area contributed by atoms with E-state index < -0.39 is 40.7 Å². The molecule has 6 amide bonds. The van der Waals surface area contributed by atoms with Gasteiger partial charge in [0, 0.05) is 31.6 Å². The quantitative estimate of drug-likeness (QED) is 0.0291. The van der Waals surface area contributed by atoms with Crippen molar-refractivity contribution in [3.63, 3.8) is 0 Å². The normalized spacial score (nSPS) is 16.0. The van der Waals surface area contributed by atoms with Gasteiger partial charge in [0.1, 0.15) is 6.61 Å². The Balaban J connectivity index is 1.55. The summed E-state index contributed by atoms with van der Waals surface area (Å²) in [6.07, 6.45) is 1.89. The third kappa shape index (κ3) is 15.0. The summed E-state index contributed by atoms with van der Waals surface area (Å²) in [6, 6.07) is 14.7. The highest BCUT2D eigenvalue weighted by molar-refractivity contribution is 7.81. The van der Waals surface area contributed by atoms with Crippen LogP contribution in [0.2, 0.25) is 0 Å². The Bertz CT molecular complexity index is 1560. The summed E-state index contributed by atoms with van der Waals surface area (Å²) in [5, 5.41) is 11.0. The van der Waals surface area contributed by atoms with Crippen LogP contribution < -0.4 is 27.0 Å². The summed E-state index contributed by atoms with van der Waals surface area (Å²) in [5.74, 6) is -1.38. The lowest BCUT2D eigenvalue weighted by Crippen LogP contribution is -2.44. The van der Waals surface area contributed by atoms with Gasteiger partial charge in [-0.2, -0.15) is 25.3 Å². The van der Waals surface area contributed by atoms with E-state index in [-0.39, 0.29) is 69.5 Å². The Morgan fingerprint density at radius 2 is 1.72 bits per heavy atom. The van der Waals surface area contributed by atoms with Crippen LogP contribution in [0.15, 0.2) is 54.6 Å². The largest absolute Gasteiger partial charge is 0.460 e. The highest BCUT2D eigenvalue weighted by Gasteiger charge is 2.45. The molecule has 2 unspecified atom stereocenters. The number of esters is 1. The Morgan fingerprint density at radius 1 is 1.02 bits per heavy atom. The number of anilines is 1. The van der Waals surface area contributed by atoms with Crippen LogP contribution in [-0.4, -0.2) is 90.0 Å². The lowest BCUT2D eigenvalue weighted by Gasteiger charge is -2.27. The van der Waals surface area contributed by atoms with Gasteiger partial charge in [-0.25, -0.2) is 4.79 Å². The van der Waals surface area contributed by atoms with Gasteiger partial charge in [0.25, 0.3) is 0 Å². The molecule has 0 spiro atoms. The molecular formula is C38H54N6O8S2. The first-order chi connectivity index (χ1) is 25.7. The van der Waals surface area contributed by atoms with Gasteiger partial charge in [0.15, 0.2) is 0 Å². The minimum absolute atomic E-state index is 0.0145. The Kier molecular flexibility index (Phi) is 18.3. The topological polar surface area (TPSA) is 198 Å². The molecule has 0 aromatic heterocycles. The predicted molar refractivity (Wildman–Crippen MR) is 212 cm³/mol. The molecule has 4 atom stereocenters. The van der Waals surface area contributed by atoms with Crippen molar-refractivity contribution in [1.82, 2.24) is 20.9 Å². The summed E-state index contributed by atoms with van der Waals surface area (Å²) in [7, 11) is 0. The van der Waals surface area contributed by atoms with Crippen LogP contribution >= 0.6 is 25.3 Å². The molecule has 1 aliphatic rings.